The number of nitrogens with one attached hydrogen (secondary N) is 1. The van der Waals surface area contributed by atoms with Crippen molar-refractivity contribution < 1.29 is 0 Å². The van der Waals surface area contributed by atoms with E-state index in [1.807, 2.05) is 0 Å². The van der Waals surface area contributed by atoms with E-state index in [1.54, 1.807) is 0 Å². The fraction of sp³-hybridized carbons (Fsp3) is 0.182. The lowest BCUT2D eigenvalue weighted by Gasteiger charge is -2.08. The Morgan fingerprint density at radius 3 is 2.38 bits per heavy atom. The number of aryl methyl sites for hydroxylation is 2. The third-order valence-electron chi connectivity index (χ3n) is 4.71. The van der Waals surface area contributed by atoms with Gasteiger partial charge in [0.05, 0.1) is 0 Å². The van der Waals surface area contributed by atoms with Crippen molar-refractivity contribution in [2.45, 2.75) is 26.9 Å². The lowest BCUT2D eigenvalue weighted by atomic mass is 10.1. The molecule has 2 nitrogen and oxygen atoms in total. The van der Waals surface area contributed by atoms with Gasteiger partial charge >= 0.3 is 0 Å². The number of para-hydroxylation sites is 1. The molecule has 0 saturated heterocycles. The molecule has 0 bridgehead atoms. The van der Waals surface area contributed by atoms with Crippen LogP contribution in [-0.2, 0) is 13.1 Å². The molecule has 0 aliphatic heterocycles. The Bertz CT molecular complexity index is 994. The van der Waals surface area contributed by atoms with E-state index in [0.29, 0.717) is 0 Å². The monoisotopic (exact) mass is 314 g/mol. The van der Waals surface area contributed by atoms with Crippen LogP contribution in [0.25, 0.3) is 21.8 Å². The van der Waals surface area contributed by atoms with Gasteiger partial charge in [0.2, 0.25) is 0 Å². The first kappa shape index (κ1) is 14.8. The zero-order valence-electron chi connectivity index (χ0n) is 14.2. The largest absolute Gasteiger partial charge is 0.381 e. The van der Waals surface area contributed by atoms with E-state index < -0.39 is 0 Å². The van der Waals surface area contributed by atoms with Crippen molar-refractivity contribution >= 4 is 27.5 Å². The summed E-state index contributed by atoms with van der Waals surface area (Å²) in [5, 5.41) is 6.20. The molecule has 0 aliphatic rings. The molecule has 1 aromatic heterocycles. The van der Waals surface area contributed by atoms with Gasteiger partial charge in [-0.2, -0.15) is 0 Å². The molecule has 4 aromatic rings. The molecule has 0 aliphatic carbocycles. The highest BCUT2D eigenvalue weighted by molar-refractivity contribution is 6.09. The van der Waals surface area contributed by atoms with Crippen molar-refractivity contribution in [2.24, 2.45) is 0 Å². The minimum Gasteiger partial charge on any atom is -0.381 e. The van der Waals surface area contributed by atoms with Crippen LogP contribution in [0.2, 0.25) is 0 Å². The molecule has 1 N–H and O–H groups in total. The molecule has 3 aromatic carbocycles. The molecule has 2 heteroatoms. The van der Waals surface area contributed by atoms with Crippen LogP contribution >= 0.6 is 0 Å². The summed E-state index contributed by atoms with van der Waals surface area (Å²) < 4.78 is 2.38. The van der Waals surface area contributed by atoms with Gasteiger partial charge < -0.3 is 9.88 Å². The maximum absolute atomic E-state index is 3.56. The van der Waals surface area contributed by atoms with E-state index in [2.05, 4.69) is 90.5 Å². The number of rotatable bonds is 4. The predicted molar refractivity (Wildman–Crippen MR) is 104 cm³/mol. The maximum atomic E-state index is 3.56. The second-order valence-corrected chi connectivity index (χ2v) is 6.33. The van der Waals surface area contributed by atoms with Crippen LogP contribution in [-0.4, -0.2) is 4.57 Å². The molecular formula is C22H22N2. The Balaban J connectivity index is 1.70. The minimum atomic E-state index is 0.845. The molecule has 0 spiro atoms. The first-order chi connectivity index (χ1) is 11.8. The van der Waals surface area contributed by atoms with Gasteiger partial charge in [-0.05, 0) is 43.7 Å². The van der Waals surface area contributed by atoms with Crippen LogP contribution in [0.4, 0.5) is 5.69 Å². The molecule has 120 valence electrons. The summed E-state index contributed by atoms with van der Waals surface area (Å²) in [7, 11) is 0. The molecule has 1 heterocycles. The first-order valence-corrected chi connectivity index (χ1v) is 8.56. The Labute approximate surface area is 142 Å². The molecule has 0 amide bonds. The molecule has 0 saturated carbocycles. The number of aromatic nitrogens is 1. The Morgan fingerprint density at radius 2 is 1.58 bits per heavy atom. The van der Waals surface area contributed by atoms with Crippen LogP contribution < -0.4 is 5.32 Å². The smallest absolute Gasteiger partial charge is 0.0492 e. The van der Waals surface area contributed by atoms with E-state index >= 15 is 0 Å². The normalized spacial score (nSPS) is 11.2. The maximum Gasteiger partial charge on any atom is 0.0492 e. The van der Waals surface area contributed by atoms with Crippen molar-refractivity contribution in [3.05, 3.63) is 77.9 Å². The average Bonchev–Trinajstić information content (AvgIpc) is 2.94. The van der Waals surface area contributed by atoms with Crippen molar-refractivity contribution in [1.82, 2.24) is 4.57 Å². The number of nitrogens with zero attached hydrogens (tertiary/aromatic N) is 1. The van der Waals surface area contributed by atoms with Crippen LogP contribution in [0.1, 0.15) is 18.1 Å². The van der Waals surface area contributed by atoms with Crippen molar-refractivity contribution in [3.8, 4) is 0 Å². The minimum absolute atomic E-state index is 0.845. The number of fused-ring (bicyclic) bond motifs is 3. The standard InChI is InChI=1S/C22H22N2/c1-3-24-21-7-5-4-6-19(21)20-14-18(12-13-22(20)24)23-15-17-10-8-16(2)9-11-17/h4-14,23H,3,15H2,1-2H3. The fourth-order valence-electron chi connectivity index (χ4n) is 3.41. The van der Waals surface area contributed by atoms with Gasteiger partial charge in [-0.25, -0.2) is 0 Å². The average molecular weight is 314 g/mol. The Morgan fingerprint density at radius 1 is 0.833 bits per heavy atom. The molecule has 0 atom stereocenters. The highest BCUT2D eigenvalue weighted by Crippen LogP contribution is 2.31. The molecule has 0 radical (unpaired) electrons. The van der Waals surface area contributed by atoms with E-state index in [1.165, 1.54) is 38.6 Å². The van der Waals surface area contributed by atoms with E-state index in [-0.39, 0.29) is 0 Å². The van der Waals surface area contributed by atoms with Gasteiger partial charge in [-0.15, -0.1) is 0 Å². The van der Waals surface area contributed by atoms with Gasteiger partial charge in [0.15, 0.2) is 0 Å². The van der Waals surface area contributed by atoms with Gasteiger partial charge in [-0.3, -0.25) is 0 Å². The molecule has 4 rings (SSSR count). The zero-order valence-corrected chi connectivity index (χ0v) is 14.2. The van der Waals surface area contributed by atoms with Gasteiger partial charge in [0.25, 0.3) is 0 Å². The summed E-state index contributed by atoms with van der Waals surface area (Å²) in [4.78, 5) is 0. The number of anilines is 1. The Hall–Kier alpha value is -2.74. The van der Waals surface area contributed by atoms with E-state index in [9.17, 15) is 0 Å². The SMILES string of the molecule is CCn1c2ccccc2c2cc(NCc3ccc(C)cc3)ccc21. The van der Waals surface area contributed by atoms with Crippen LogP contribution in [0.15, 0.2) is 66.7 Å². The van der Waals surface area contributed by atoms with Crippen molar-refractivity contribution in [2.75, 3.05) is 5.32 Å². The summed E-state index contributed by atoms with van der Waals surface area (Å²) in [5.41, 5.74) is 6.39. The summed E-state index contributed by atoms with van der Waals surface area (Å²) in [6.07, 6.45) is 0. The first-order valence-electron chi connectivity index (χ1n) is 8.56. The lowest BCUT2D eigenvalue weighted by molar-refractivity contribution is 0.827. The third kappa shape index (κ3) is 2.54. The zero-order chi connectivity index (χ0) is 16.5. The summed E-state index contributed by atoms with van der Waals surface area (Å²) in [5.74, 6) is 0. The number of hydrogen-bond acceptors (Lipinski definition) is 1. The van der Waals surface area contributed by atoms with Gasteiger partial charge in [0, 0.05) is 40.6 Å². The molecule has 24 heavy (non-hydrogen) atoms. The van der Waals surface area contributed by atoms with Crippen LogP contribution in [0.5, 0.6) is 0 Å². The second-order valence-electron chi connectivity index (χ2n) is 6.33. The highest BCUT2D eigenvalue weighted by atomic mass is 15.0. The fourth-order valence-corrected chi connectivity index (χ4v) is 3.41. The summed E-state index contributed by atoms with van der Waals surface area (Å²) in [6, 6.07) is 24.0. The number of hydrogen-bond donors (Lipinski definition) is 1. The summed E-state index contributed by atoms with van der Waals surface area (Å²) in [6.45, 7) is 6.16. The molecule has 0 unspecified atom stereocenters. The quantitative estimate of drug-likeness (QED) is 0.508. The second kappa shape index (κ2) is 6.04. The summed E-state index contributed by atoms with van der Waals surface area (Å²) >= 11 is 0. The lowest BCUT2D eigenvalue weighted by Crippen LogP contribution is -1.99. The van der Waals surface area contributed by atoms with E-state index in [4.69, 9.17) is 0 Å². The predicted octanol–water partition coefficient (Wildman–Crippen LogP) is 5.73. The number of benzene rings is 3. The third-order valence-corrected chi connectivity index (χ3v) is 4.71. The van der Waals surface area contributed by atoms with Crippen molar-refractivity contribution in [3.63, 3.8) is 0 Å². The molecular weight excluding hydrogens is 292 g/mol. The topological polar surface area (TPSA) is 17.0 Å². The Kier molecular flexibility index (Phi) is 3.73. The van der Waals surface area contributed by atoms with Crippen LogP contribution in [0, 0.1) is 6.92 Å². The highest BCUT2D eigenvalue weighted by Gasteiger charge is 2.09. The van der Waals surface area contributed by atoms with Crippen molar-refractivity contribution in [1.29, 1.82) is 0 Å². The van der Waals surface area contributed by atoms with Gasteiger partial charge in [0.1, 0.15) is 0 Å². The van der Waals surface area contributed by atoms with Crippen LogP contribution in [0.3, 0.4) is 0 Å². The van der Waals surface area contributed by atoms with Gasteiger partial charge in [-0.1, -0.05) is 48.0 Å². The molecule has 0 fully saturated rings. The van der Waals surface area contributed by atoms with E-state index in [0.717, 1.165) is 13.1 Å².